The molecule has 3 atom stereocenters. The predicted octanol–water partition coefficient (Wildman–Crippen LogP) is 3.85. The molecule has 0 radical (unpaired) electrons. The SMILES string of the molecule is C[C@@H]1NC(=O)CN(C(=O)c2cncn2C)C[C@@H](c2ccccc2)NC(=O)c2csc(n2)[C@@H](Cc2ccccc2)NC(=O)c2csc1n2. The lowest BCUT2D eigenvalue weighted by Gasteiger charge is -2.28. The summed E-state index contributed by atoms with van der Waals surface area (Å²) in [4.78, 5) is 69.1. The third-order valence-corrected chi connectivity index (χ3v) is 9.70. The number of hydrogen-bond acceptors (Lipinski definition) is 9. The number of imidazole rings is 1. The molecule has 0 fully saturated rings. The molecule has 14 heteroatoms. The molecule has 12 nitrogen and oxygen atoms in total. The van der Waals surface area contributed by atoms with Gasteiger partial charge in [0, 0.05) is 24.4 Å². The van der Waals surface area contributed by atoms with E-state index < -0.39 is 41.8 Å². The zero-order valence-electron chi connectivity index (χ0n) is 25.6. The molecule has 0 aliphatic carbocycles. The molecule has 4 heterocycles. The molecule has 4 amide bonds. The molecule has 5 aromatic rings. The molecular formula is C33H32N8O4S2. The highest BCUT2D eigenvalue weighted by molar-refractivity contribution is 7.10. The maximum Gasteiger partial charge on any atom is 0.272 e. The molecule has 0 saturated carbocycles. The number of carbonyl (C=O) groups is 4. The number of aromatic nitrogens is 4. The van der Waals surface area contributed by atoms with Crippen LogP contribution in [0.5, 0.6) is 0 Å². The number of rotatable bonds is 4. The van der Waals surface area contributed by atoms with Crippen LogP contribution in [0, 0.1) is 0 Å². The maximum absolute atomic E-state index is 13.8. The molecule has 47 heavy (non-hydrogen) atoms. The lowest BCUT2D eigenvalue weighted by molar-refractivity contribution is -0.122. The van der Waals surface area contributed by atoms with Crippen molar-refractivity contribution in [2.45, 2.75) is 31.5 Å². The van der Waals surface area contributed by atoms with E-state index in [1.165, 1.54) is 40.1 Å². The highest BCUT2D eigenvalue weighted by Gasteiger charge is 2.29. The molecule has 2 aromatic carbocycles. The Morgan fingerprint density at radius 1 is 0.872 bits per heavy atom. The number of nitrogens with one attached hydrogen (secondary N) is 3. The summed E-state index contributed by atoms with van der Waals surface area (Å²) < 4.78 is 1.58. The Morgan fingerprint density at radius 3 is 2.19 bits per heavy atom. The van der Waals surface area contributed by atoms with Gasteiger partial charge in [0.1, 0.15) is 27.1 Å². The summed E-state index contributed by atoms with van der Waals surface area (Å²) in [5, 5.41) is 13.4. The second-order valence-electron chi connectivity index (χ2n) is 11.2. The lowest BCUT2D eigenvalue weighted by Crippen LogP contribution is -2.46. The summed E-state index contributed by atoms with van der Waals surface area (Å²) in [5.74, 6) is -1.71. The topological polar surface area (TPSA) is 151 Å². The first-order valence-electron chi connectivity index (χ1n) is 14.9. The van der Waals surface area contributed by atoms with Gasteiger partial charge in [-0.25, -0.2) is 15.0 Å². The number of aryl methyl sites for hydroxylation is 1. The van der Waals surface area contributed by atoms with Crippen LogP contribution < -0.4 is 16.0 Å². The third-order valence-electron chi connectivity index (χ3n) is 7.71. The molecule has 240 valence electrons. The second-order valence-corrected chi connectivity index (χ2v) is 12.9. The van der Waals surface area contributed by atoms with Crippen molar-refractivity contribution in [2.75, 3.05) is 13.1 Å². The Hall–Kier alpha value is -5.21. The number of nitrogens with zero attached hydrogens (tertiary/aromatic N) is 5. The number of carbonyl (C=O) groups excluding carboxylic acids is 4. The normalized spacial score (nSPS) is 19.2. The van der Waals surface area contributed by atoms with E-state index in [0.717, 1.165) is 11.1 Å². The molecule has 3 aromatic heterocycles. The highest BCUT2D eigenvalue weighted by Crippen LogP contribution is 2.25. The number of fused-ring (bicyclic) bond motifs is 4. The minimum Gasteiger partial charge on any atom is -0.346 e. The van der Waals surface area contributed by atoms with Gasteiger partial charge in [-0.3, -0.25) is 19.2 Å². The van der Waals surface area contributed by atoms with Gasteiger partial charge in [0.05, 0.1) is 37.2 Å². The van der Waals surface area contributed by atoms with Gasteiger partial charge in [-0.05, 0) is 24.5 Å². The van der Waals surface area contributed by atoms with Crippen LogP contribution in [0.15, 0.2) is 83.9 Å². The quantitative estimate of drug-likeness (QED) is 0.263. The summed E-state index contributed by atoms with van der Waals surface area (Å²) in [6, 6.07) is 17.2. The van der Waals surface area contributed by atoms with Gasteiger partial charge in [0.15, 0.2) is 0 Å². The smallest absolute Gasteiger partial charge is 0.272 e. The van der Waals surface area contributed by atoms with Crippen LogP contribution in [-0.4, -0.2) is 61.1 Å². The molecule has 3 N–H and O–H groups in total. The Morgan fingerprint density at radius 2 is 1.51 bits per heavy atom. The predicted molar refractivity (Wildman–Crippen MR) is 177 cm³/mol. The number of hydrogen-bond donors (Lipinski definition) is 3. The van der Waals surface area contributed by atoms with Gasteiger partial charge in [-0.2, -0.15) is 0 Å². The minimum absolute atomic E-state index is 0.00729. The van der Waals surface area contributed by atoms with E-state index in [0.29, 0.717) is 16.4 Å². The summed E-state index contributed by atoms with van der Waals surface area (Å²) in [6.07, 6.45) is 3.40. The van der Waals surface area contributed by atoms with Gasteiger partial charge in [-0.15, -0.1) is 22.7 Å². The molecule has 4 bridgehead atoms. The average molecular weight is 669 g/mol. The second kappa shape index (κ2) is 14.1. The average Bonchev–Trinajstić information content (AvgIpc) is 3.85. The monoisotopic (exact) mass is 668 g/mol. The Labute approximate surface area is 278 Å². The van der Waals surface area contributed by atoms with E-state index in [4.69, 9.17) is 0 Å². The zero-order chi connectivity index (χ0) is 32.9. The first-order valence-corrected chi connectivity index (χ1v) is 16.7. The fraction of sp³-hybridized carbons (Fsp3) is 0.242. The fourth-order valence-electron chi connectivity index (χ4n) is 5.26. The minimum atomic E-state index is -0.684. The summed E-state index contributed by atoms with van der Waals surface area (Å²) in [7, 11) is 1.70. The van der Waals surface area contributed by atoms with Gasteiger partial charge in [0.2, 0.25) is 5.91 Å². The van der Waals surface area contributed by atoms with Gasteiger partial charge >= 0.3 is 0 Å². The summed E-state index contributed by atoms with van der Waals surface area (Å²) in [5.41, 5.74) is 2.39. The van der Waals surface area contributed by atoms with E-state index in [2.05, 4.69) is 30.9 Å². The van der Waals surface area contributed by atoms with Crippen molar-refractivity contribution in [3.63, 3.8) is 0 Å². The maximum atomic E-state index is 13.8. The van der Waals surface area contributed by atoms with E-state index in [-0.39, 0.29) is 30.2 Å². The fourth-order valence-corrected chi connectivity index (χ4v) is 6.92. The van der Waals surface area contributed by atoms with Crippen LogP contribution in [0.3, 0.4) is 0 Å². The first-order chi connectivity index (χ1) is 22.7. The van der Waals surface area contributed by atoms with Crippen LogP contribution in [-0.2, 0) is 18.3 Å². The Bertz CT molecular complexity index is 1890. The lowest BCUT2D eigenvalue weighted by atomic mass is 10.1. The van der Waals surface area contributed by atoms with E-state index in [1.54, 1.807) is 29.3 Å². The van der Waals surface area contributed by atoms with Crippen LogP contribution in [0.2, 0.25) is 0 Å². The van der Waals surface area contributed by atoms with Crippen molar-refractivity contribution in [1.29, 1.82) is 0 Å². The molecule has 1 aliphatic rings. The molecular weight excluding hydrogens is 637 g/mol. The Balaban J connectivity index is 1.39. The van der Waals surface area contributed by atoms with Crippen molar-refractivity contribution in [3.8, 4) is 0 Å². The first kappa shape index (κ1) is 31.8. The van der Waals surface area contributed by atoms with Crippen molar-refractivity contribution < 1.29 is 19.2 Å². The molecule has 6 rings (SSSR count). The standard InChI is InChI=1S/C33H32N8O4S2/c1-20-31-38-25(17-46-31)29(43)36-23(13-21-9-5-3-6-10-21)32-39-26(18-47-32)30(44)37-24(22-11-7-4-8-12-22)15-41(16-28(42)35-20)33(45)27-14-34-19-40(27)2/h3-12,14,17-20,23-24H,13,15-16H2,1-2H3,(H,35,42)(H,36,43)(H,37,44)/t20-,23+,24-/m0/s1. The molecule has 0 spiro atoms. The number of benzene rings is 2. The third kappa shape index (κ3) is 7.45. The summed E-state index contributed by atoms with van der Waals surface area (Å²) in [6.45, 7) is 1.47. The zero-order valence-corrected chi connectivity index (χ0v) is 27.3. The number of amides is 4. The largest absolute Gasteiger partial charge is 0.346 e. The highest BCUT2D eigenvalue weighted by atomic mass is 32.1. The molecule has 1 aliphatic heterocycles. The van der Waals surface area contributed by atoms with Gasteiger partial charge in [0.25, 0.3) is 17.7 Å². The van der Waals surface area contributed by atoms with Gasteiger partial charge < -0.3 is 25.4 Å². The summed E-state index contributed by atoms with van der Waals surface area (Å²) >= 11 is 2.53. The number of thiazole rings is 2. The van der Waals surface area contributed by atoms with Crippen molar-refractivity contribution >= 4 is 46.3 Å². The molecule has 0 saturated heterocycles. The van der Waals surface area contributed by atoms with E-state index in [9.17, 15) is 19.2 Å². The molecule has 0 unspecified atom stereocenters. The van der Waals surface area contributed by atoms with Crippen LogP contribution >= 0.6 is 22.7 Å². The van der Waals surface area contributed by atoms with E-state index in [1.807, 2.05) is 60.7 Å². The van der Waals surface area contributed by atoms with Gasteiger partial charge in [-0.1, -0.05) is 60.7 Å². The van der Waals surface area contributed by atoms with Crippen LogP contribution in [0.4, 0.5) is 0 Å². The van der Waals surface area contributed by atoms with Crippen molar-refractivity contribution in [3.05, 3.63) is 122 Å². The van der Waals surface area contributed by atoms with Crippen LogP contribution in [0.1, 0.15) is 77.7 Å². The van der Waals surface area contributed by atoms with Crippen molar-refractivity contribution in [2.24, 2.45) is 7.05 Å². The van der Waals surface area contributed by atoms with E-state index >= 15 is 0 Å². The van der Waals surface area contributed by atoms with Crippen molar-refractivity contribution in [1.82, 2.24) is 40.4 Å². The Kier molecular flexibility index (Phi) is 9.50. The van der Waals surface area contributed by atoms with Crippen LogP contribution in [0.25, 0.3) is 0 Å².